The molecular weight excluding hydrogens is 255 g/mol. The summed E-state index contributed by atoms with van der Waals surface area (Å²) in [6.45, 7) is 1.86. The first-order valence-electron chi connectivity index (χ1n) is 6.45. The monoisotopic (exact) mass is 275 g/mol. The van der Waals surface area contributed by atoms with E-state index in [2.05, 4.69) is 5.32 Å². The van der Waals surface area contributed by atoms with E-state index >= 15 is 0 Å². The van der Waals surface area contributed by atoms with Crippen molar-refractivity contribution in [2.75, 3.05) is 6.61 Å². The summed E-state index contributed by atoms with van der Waals surface area (Å²) in [6, 6.07) is 7.74. The minimum Gasteiger partial charge on any atom is -0.396 e. The van der Waals surface area contributed by atoms with Crippen molar-refractivity contribution in [3.63, 3.8) is 0 Å². The summed E-state index contributed by atoms with van der Waals surface area (Å²) in [4.78, 5) is 0. The van der Waals surface area contributed by atoms with E-state index in [1.165, 1.54) is 0 Å². The van der Waals surface area contributed by atoms with Gasteiger partial charge in [-0.05, 0) is 18.4 Å². The molecule has 0 saturated carbocycles. The van der Waals surface area contributed by atoms with E-state index in [9.17, 15) is 13.2 Å². The van der Waals surface area contributed by atoms with Crippen molar-refractivity contribution in [1.82, 2.24) is 5.32 Å². The molecule has 1 aromatic carbocycles. The van der Waals surface area contributed by atoms with Crippen LogP contribution in [0.15, 0.2) is 30.3 Å². The zero-order valence-electron chi connectivity index (χ0n) is 11.0. The summed E-state index contributed by atoms with van der Waals surface area (Å²) < 4.78 is 37.9. The van der Waals surface area contributed by atoms with Crippen molar-refractivity contribution < 1.29 is 18.3 Å². The standard InChI is InChI=1S/C14H20F3NO/c1-2-12(8-9-19)18-13(10-14(15,16)17)11-6-4-3-5-7-11/h3-7,12-13,18-19H,2,8-10H2,1H3. The van der Waals surface area contributed by atoms with Gasteiger partial charge < -0.3 is 10.4 Å². The van der Waals surface area contributed by atoms with Crippen LogP contribution in [0.5, 0.6) is 0 Å². The molecule has 0 spiro atoms. The molecular formula is C14H20F3NO. The van der Waals surface area contributed by atoms with Gasteiger partial charge in [0.15, 0.2) is 0 Å². The number of hydrogen-bond acceptors (Lipinski definition) is 2. The Hall–Kier alpha value is -1.07. The molecule has 0 aliphatic rings. The Kier molecular flexibility index (Phi) is 6.31. The van der Waals surface area contributed by atoms with Gasteiger partial charge in [-0.2, -0.15) is 13.2 Å². The maximum Gasteiger partial charge on any atom is 0.390 e. The maximum absolute atomic E-state index is 12.6. The van der Waals surface area contributed by atoms with E-state index in [0.29, 0.717) is 18.4 Å². The third-order valence-electron chi connectivity index (χ3n) is 3.04. The first-order chi connectivity index (χ1) is 8.96. The fourth-order valence-electron chi connectivity index (χ4n) is 2.04. The van der Waals surface area contributed by atoms with Crippen LogP contribution in [0.25, 0.3) is 0 Å². The van der Waals surface area contributed by atoms with Crippen molar-refractivity contribution >= 4 is 0 Å². The molecule has 0 heterocycles. The molecule has 19 heavy (non-hydrogen) atoms. The molecule has 1 rings (SSSR count). The quantitative estimate of drug-likeness (QED) is 0.799. The molecule has 0 radical (unpaired) electrons. The van der Waals surface area contributed by atoms with Crippen molar-refractivity contribution in [2.24, 2.45) is 0 Å². The number of alkyl halides is 3. The number of aliphatic hydroxyl groups is 1. The number of hydrogen-bond donors (Lipinski definition) is 2. The molecule has 0 aliphatic carbocycles. The van der Waals surface area contributed by atoms with Gasteiger partial charge in [0.2, 0.25) is 0 Å². The van der Waals surface area contributed by atoms with E-state index in [1.54, 1.807) is 30.3 Å². The fraction of sp³-hybridized carbons (Fsp3) is 0.571. The second kappa shape index (κ2) is 7.50. The highest BCUT2D eigenvalue weighted by atomic mass is 19.4. The third kappa shape index (κ3) is 6.07. The van der Waals surface area contributed by atoms with Crippen LogP contribution in [-0.4, -0.2) is 23.9 Å². The van der Waals surface area contributed by atoms with Crippen LogP contribution in [0.4, 0.5) is 13.2 Å². The van der Waals surface area contributed by atoms with Gasteiger partial charge in [0.25, 0.3) is 0 Å². The number of halogens is 3. The Balaban J connectivity index is 2.80. The average molecular weight is 275 g/mol. The molecule has 0 saturated heterocycles. The molecule has 2 unspecified atom stereocenters. The Bertz CT molecular complexity index is 353. The Morgan fingerprint density at radius 1 is 1.21 bits per heavy atom. The normalized spacial score (nSPS) is 15.2. The van der Waals surface area contributed by atoms with Gasteiger partial charge in [0.1, 0.15) is 0 Å². The minimum atomic E-state index is -4.22. The summed E-state index contributed by atoms with van der Waals surface area (Å²) in [5.74, 6) is 0. The Morgan fingerprint density at radius 2 is 1.84 bits per heavy atom. The summed E-state index contributed by atoms with van der Waals surface area (Å²) in [5.41, 5.74) is 0.621. The van der Waals surface area contributed by atoms with Gasteiger partial charge in [0.05, 0.1) is 6.42 Å². The van der Waals surface area contributed by atoms with Crippen LogP contribution < -0.4 is 5.32 Å². The first kappa shape index (κ1) is 16.0. The van der Waals surface area contributed by atoms with Crippen LogP contribution in [0.1, 0.15) is 37.8 Å². The molecule has 0 bridgehead atoms. The van der Waals surface area contributed by atoms with E-state index in [4.69, 9.17) is 5.11 Å². The lowest BCUT2D eigenvalue weighted by molar-refractivity contribution is -0.141. The van der Waals surface area contributed by atoms with Gasteiger partial charge in [0, 0.05) is 18.7 Å². The SMILES string of the molecule is CCC(CCO)NC(CC(F)(F)F)c1ccccc1. The lowest BCUT2D eigenvalue weighted by Gasteiger charge is -2.26. The van der Waals surface area contributed by atoms with Crippen LogP contribution >= 0.6 is 0 Å². The van der Waals surface area contributed by atoms with Crippen LogP contribution in [0.2, 0.25) is 0 Å². The molecule has 0 aliphatic heterocycles. The second-order valence-corrected chi connectivity index (χ2v) is 4.57. The van der Waals surface area contributed by atoms with Crippen LogP contribution in [0, 0.1) is 0 Å². The fourth-order valence-corrected chi connectivity index (χ4v) is 2.04. The lowest BCUT2D eigenvalue weighted by atomic mass is 10.0. The van der Waals surface area contributed by atoms with E-state index < -0.39 is 18.6 Å². The smallest absolute Gasteiger partial charge is 0.390 e. The largest absolute Gasteiger partial charge is 0.396 e. The first-order valence-corrected chi connectivity index (χ1v) is 6.45. The van der Waals surface area contributed by atoms with Gasteiger partial charge in [-0.15, -0.1) is 0 Å². The van der Waals surface area contributed by atoms with Crippen molar-refractivity contribution in [3.05, 3.63) is 35.9 Å². The average Bonchev–Trinajstić information content (AvgIpc) is 2.36. The number of aliphatic hydroxyl groups excluding tert-OH is 1. The number of benzene rings is 1. The van der Waals surface area contributed by atoms with Crippen molar-refractivity contribution in [2.45, 2.75) is 44.4 Å². The van der Waals surface area contributed by atoms with Crippen molar-refractivity contribution in [3.8, 4) is 0 Å². The zero-order chi connectivity index (χ0) is 14.3. The maximum atomic E-state index is 12.6. The van der Waals surface area contributed by atoms with E-state index in [0.717, 1.165) is 0 Å². The number of nitrogens with one attached hydrogen (secondary N) is 1. The Morgan fingerprint density at radius 3 is 2.32 bits per heavy atom. The summed E-state index contributed by atoms with van der Waals surface area (Å²) in [7, 11) is 0. The highest BCUT2D eigenvalue weighted by molar-refractivity contribution is 5.19. The van der Waals surface area contributed by atoms with Gasteiger partial charge >= 0.3 is 6.18 Å². The third-order valence-corrected chi connectivity index (χ3v) is 3.04. The van der Waals surface area contributed by atoms with Gasteiger partial charge in [-0.1, -0.05) is 37.3 Å². The molecule has 5 heteroatoms. The van der Waals surface area contributed by atoms with Gasteiger partial charge in [-0.3, -0.25) is 0 Å². The van der Waals surface area contributed by atoms with Crippen LogP contribution in [0.3, 0.4) is 0 Å². The molecule has 0 aromatic heterocycles. The predicted octanol–water partition coefficient (Wildman–Crippen LogP) is 3.43. The molecule has 2 N–H and O–H groups in total. The number of rotatable bonds is 7. The molecule has 108 valence electrons. The van der Waals surface area contributed by atoms with Gasteiger partial charge in [-0.25, -0.2) is 0 Å². The molecule has 0 fully saturated rings. The molecule has 1 aromatic rings. The summed E-state index contributed by atoms with van der Waals surface area (Å²) in [5, 5.41) is 11.9. The Labute approximate surface area is 111 Å². The molecule has 0 amide bonds. The minimum absolute atomic E-state index is 0.0287. The zero-order valence-corrected chi connectivity index (χ0v) is 11.0. The summed E-state index contributed by atoms with van der Waals surface area (Å²) >= 11 is 0. The van der Waals surface area contributed by atoms with Crippen LogP contribution in [-0.2, 0) is 0 Å². The highest BCUT2D eigenvalue weighted by Crippen LogP contribution is 2.30. The predicted molar refractivity (Wildman–Crippen MR) is 68.8 cm³/mol. The van der Waals surface area contributed by atoms with Crippen molar-refractivity contribution in [1.29, 1.82) is 0 Å². The lowest BCUT2D eigenvalue weighted by Crippen LogP contribution is -2.35. The second-order valence-electron chi connectivity index (χ2n) is 4.57. The molecule has 2 nitrogen and oxygen atoms in total. The summed E-state index contributed by atoms with van der Waals surface area (Å²) in [6.07, 6.45) is -3.98. The van der Waals surface area contributed by atoms with E-state index in [1.807, 2.05) is 6.92 Å². The topological polar surface area (TPSA) is 32.3 Å². The highest BCUT2D eigenvalue weighted by Gasteiger charge is 2.33. The molecule has 2 atom stereocenters. The van der Waals surface area contributed by atoms with E-state index in [-0.39, 0.29) is 12.6 Å².